The average Bonchev–Trinajstić information content (AvgIpc) is 2.86. The second-order valence-corrected chi connectivity index (χ2v) is 5.11. The second-order valence-electron chi connectivity index (χ2n) is 3.66. The maximum Gasteiger partial charge on any atom is 0.269 e. The van der Waals surface area contributed by atoms with E-state index in [1.54, 1.807) is 6.07 Å². The van der Waals surface area contributed by atoms with Crippen molar-refractivity contribution in [2.75, 3.05) is 0 Å². The Bertz CT molecular complexity index is 632. The molecule has 0 spiro atoms. The van der Waals surface area contributed by atoms with E-state index in [9.17, 15) is 19.1 Å². The normalized spacial score (nSPS) is 12.0. The number of hydrogen-bond acceptors (Lipinski definition) is 5. The van der Waals surface area contributed by atoms with Crippen LogP contribution in [0.15, 0.2) is 45.7 Å². The van der Waals surface area contributed by atoms with E-state index in [2.05, 4.69) is 0 Å². The summed E-state index contributed by atoms with van der Waals surface area (Å²) in [6.45, 7) is 0. The summed E-state index contributed by atoms with van der Waals surface area (Å²) < 4.78 is 17.1. The van der Waals surface area contributed by atoms with Crippen LogP contribution in [0.5, 0.6) is 0 Å². The van der Waals surface area contributed by atoms with Crippen molar-refractivity contribution in [2.24, 2.45) is 0 Å². The fraction of sp³-hybridized carbons (Fsp3) is 0.0833. The molecule has 0 aliphatic carbocycles. The first kappa shape index (κ1) is 13.2. The highest BCUT2D eigenvalue weighted by Gasteiger charge is 2.11. The molecule has 2 aromatic rings. The van der Waals surface area contributed by atoms with Gasteiger partial charge in [-0.1, -0.05) is 0 Å². The first-order valence-corrected chi connectivity index (χ1v) is 6.59. The van der Waals surface area contributed by atoms with Crippen molar-refractivity contribution in [2.45, 2.75) is 10.6 Å². The van der Waals surface area contributed by atoms with Crippen LogP contribution in [0.2, 0.25) is 0 Å². The molecule has 0 N–H and O–H groups in total. The van der Waals surface area contributed by atoms with E-state index in [0.29, 0.717) is 16.9 Å². The highest BCUT2D eigenvalue weighted by molar-refractivity contribution is 7.84. The molecule has 2 rings (SSSR count). The number of aldehydes is 1. The molecule has 19 heavy (non-hydrogen) atoms. The van der Waals surface area contributed by atoms with Crippen molar-refractivity contribution >= 4 is 22.8 Å². The van der Waals surface area contributed by atoms with Gasteiger partial charge in [0.15, 0.2) is 12.0 Å². The summed E-state index contributed by atoms with van der Waals surface area (Å²) in [5, 5.41) is 10.5. The minimum Gasteiger partial charge on any atom is -0.457 e. The van der Waals surface area contributed by atoms with Gasteiger partial charge in [-0.25, -0.2) is 0 Å². The Kier molecular flexibility index (Phi) is 3.86. The number of nitro benzene ring substituents is 1. The van der Waals surface area contributed by atoms with E-state index >= 15 is 0 Å². The third-order valence-electron chi connectivity index (χ3n) is 2.38. The SMILES string of the molecule is O=Cc1ccc(CS(=O)c2ccc([N+](=O)[O-])cc2)o1. The fourth-order valence-electron chi connectivity index (χ4n) is 1.47. The molecule has 98 valence electrons. The van der Waals surface area contributed by atoms with Gasteiger partial charge in [-0.15, -0.1) is 0 Å². The number of benzene rings is 1. The van der Waals surface area contributed by atoms with Gasteiger partial charge in [-0.05, 0) is 24.3 Å². The van der Waals surface area contributed by atoms with Gasteiger partial charge in [-0.2, -0.15) is 0 Å². The van der Waals surface area contributed by atoms with Gasteiger partial charge >= 0.3 is 0 Å². The van der Waals surface area contributed by atoms with Crippen molar-refractivity contribution in [1.29, 1.82) is 0 Å². The summed E-state index contributed by atoms with van der Waals surface area (Å²) in [4.78, 5) is 20.9. The first-order valence-electron chi connectivity index (χ1n) is 5.27. The molecule has 0 aliphatic rings. The molecule has 1 heterocycles. The Labute approximate surface area is 110 Å². The van der Waals surface area contributed by atoms with Crippen LogP contribution in [0.3, 0.4) is 0 Å². The maximum absolute atomic E-state index is 12.0. The second kappa shape index (κ2) is 5.57. The van der Waals surface area contributed by atoms with Crippen molar-refractivity contribution in [3.63, 3.8) is 0 Å². The number of nitrogens with zero attached hydrogens (tertiary/aromatic N) is 1. The van der Waals surface area contributed by atoms with Crippen LogP contribution in [0, 0.1) is 10.1 Å². The topological polar surface area (TPSA) is 90.4 Å². The third-order valence-corrected chi connectivity index (χ3v) is 3.73. The maximum atomic E-state index is 12.0. The Morgan fingerprint density at radius 1 is 1.21 bits per heavy atom. The minimum atomic E-state index is -1.38. The molecule has 0 saturated carbocycles. The van der Waals surface area contributed by atoms with Crippen molar-refractivity contribution < 1.29 is 18.3 Å². The summed E-state index contributed by atoms with van der Waals surface area (Å²) in [5.41, 5.74) is -0.0537. The molecular weight excluding hydrogens is 270 g/mol. The monoisotopic (exact) mass is 279 g/mol. The zero-order chi connectivity index (χ0) is 13.8. The molecule has 0 fully saturated rings. The summed E-state index contributed by atoms with van der Waals surface area (Å²) in [6, 6.07) is 8.55. The Hall–Kier alpha value is -2.28. The molecule has 6 nitrogen and oxygen atoms in total. The van der Waals surface area contributed by atoms with E-state index in [1.807, 2.05) is 0 Å². The average molecular weight is 279 g/mol. The van der Waals surface area contributed by atoms with Gasteiger partial charge in [0, 0.05) is 17.0 Å². The standard InChI is InChI=1S/C12H9NO5S/c14-7-10-3-4-11(18-10)8-19(17)12-5-1-9(2-6-12)13(15)16/h1-7H,8H2. The summed E-state index contributed by atoms with van der Waals surface area (Å²) in [5.74, 6) is 0.723. The molecular formula is C12H9NO5S. The van der Waals surface area contributed by atoms with Crippen LogP contribution in [-0.4, -0.2) is 15.4 Å². The van der Waals surface area contributed by atoms with Gasteiger partial charge in [-0.3, -0.25) is 19.1 Å². The number of nitro groups is 1. The summed E-state index contributed by atoms with van der Waals surface area (Å²) >= 11 is 0. The zero-order valence-corrected chi connectivity index (χ0v) is 10.5. The predicted octanol–water partition coefficient (Wildman–Crippen LogP) is 2.31. The molecule has 0 aliphatic heterocycles. The highest BCUT2D eigenvalue weighted by atomic mass is 32.2. The highest BCUT2D eigenvalue weighted by Crippen LogP contribution is 2.17. The Morgan fingerprint density at radius 2 is 1.89 bits per heavy atom. The van der Waals surface area contributed by atoms with Crippen molar-refractivity contribution in [3.8, 4) is 0 Å². The van der Waals surface area contributed by atoms with Crippen molar-refractivity contribution in [1.82, 2.24) is 0 Å². The molecule has 0 radical (unpaired) electrons. The number of rotatable bonds is 5. The molecule has 1 aromatic heterocycles. The quantitative estimate of drug-likeness (QED) is 0.476. The van der Waals surface area contributed by atoms with E-state index in [-0.39, 0.29) is 17.2 Å². The van der Waals surface area contributed by atoms with Crippen LogP contribution >= 0.6 is 0 Å². The van der Waals surface area contributed by atoms with E-state index in [4.69, 9.17) is 4.42 Å². The van der Waals surface area contributed by atoms with Gasteiger partial charge in [0.2, 0.25) is 0 Å². The van der Waals surface area contributed by atoms with Crippen LogP contribution in [-0.2, 0) is 16.6 Å². The smallest absolute Gasteiger partial charge is 0.269 e. The lowest BCUT2D eigenvalue weighted by atomic mass is 10.3. The van der Waals surface area contributed by atoms with Gasteiger partial charge in [0.1, 0.15) is 5.76 Å². The molecule has 1 unspecified atom stereocenters. The van der Waals surface area contributed by atoms with E-state index in [0.717, 1.165) is 0 Å². The lowest BCUT2D eigenvalue weighted by molar-refractivity contribution is -0.384. The number of carbonyl (C=O) groups is 1. The van der Waals surface area contributed by atoms with E-state index < -0.39 is 15.7 Å². The largest absolute Gasteiger partial charge is 0.457 e. The number of furan rings is 1. The van der Waals surface area contributed by atoms with Crippen LogP contribution in [0.25, 0.3) is 0 Å². The summed E-state index contributed by atoms with van der Waals surface area (Å²) in [6.07, 6.45) is 0.568. The van der Waals surface area contributed by atoms with Gasteiger partial charge in [0.05, 0.1) is 21.5 Å². The number of non-ortho nitro benzene ring substituents is 1. The Balaban J connectivity index is 2.11. The summed E-state index contributed by atoms with van der Waals surface area (Å²) in [7, 11) is -1.38. The lowest BCUT2D eigenvalue weighted by Gasteiger charge is -1.99. The number of hydrogen-bond donors (Lipinski definition) is 0. The molecule has 1 atom stereocenters. The van der Waals surface area contributed by atoms with Crippen LogP contribution in [0.4, 0.5) is 5.69 Å². The van der Waals surface area contributed by atoms with E-state index in [1.165, 1.54) is 30.3 Å². The third kappa shape index (κ3) is 3.14. The predicted molar refractivity (Wildman–Crippen MR) is 67.3 cm³/mol. The fourth-order valence-corrected chi connectivity index (χ4v) is 2.49. The first-order chi connectivity index (χ1) is 9.10. The Morgan fingerprint density at radius 3 is 2.42 bits per heavy atom. The van der Waals surface area contributed by atoms with Gasteiger partial charge in [0.25, 0.3) is 5.69 Å². The van der Waals surface area contributed by atoms with Crippen molar-refractivity contribution in [3.05, 3.63) is 58.0 Å². The molecule has 1 aromatic carbocycles. The number of carbonyl (C=O) groups excluding carboxylic acids is 1. The molecule has 0 amide bonds. The van der Waals surface area contributed by atoms with Crippen LogP contribution in [0.1, 0.15) is 16.3 Å². The minimum absolute atomic E-state index is 0.0537. The molecule has 0 bridgehead atoms. The molecule has 0 saturated heterocycles. The zero-order valence-electron chi connectivity index (χ0n) is 9.65. The lowest BCUT2D eigenvalue weighted by Crippen LogP contribution is -1.96. The van der Waals surface area contributed by atoms with Gasteiger partial charge < -0.3 is 4.42 Å². The molecule has 7 heteroatoms. The van der Waals surface area contributed by atoms with Crippen LogP contribution < -0.4 is 0 Å².